The van der Waals surface area contributed by atoms with Crippen molar-refractivity contribution < 1.29 is 5.11 Å². The van der Waals surface area contributed by atoms with Crippen molar-refractivity contribution in [2.45, 2.75) is 64.0 Å². The molecule has 2 N–H and O–H groups in total. The first-order chi connectivity index (χ1) is 8.65. The number of aliphatic hydroxyl groups is 1. The van der Waals surface area contributed by atoms with E-state index in [2.05, 4.69) is 24.1 Å². The first-order valence-corrected chi connectivity index (χ1v) is 7.76. The van der Waals surface area contributed by atoms with Gasteiger partial charge in [0.25, 0.3) is 0 Å². The summed E-state index contributed by atoms with van der Waals surface area (Å²) in [5, 5.41) is 13.2. The van der Waals surface area contributed by atoms with Crippen LogP contribution in [0.15, 0.2) is 0 Å². The molecule has 2 rings (SSSR count). The molecule has 0 aliphatic heterocycles. The fourth-order valence-corrected chi connectivity index (χ4v) is 2.74. The number of aliphatic hydroxyl groups excluding tert-OH is 1. The van der Waals surface area contributed by atoms with Crippen molar-refractivity contribution in [2.24, 2.45) is 5.92 Å². The number of hydrogen-bond acceptors (Lipinski definition) is 3. The fraction of sp³-hybridized carbons (Fsp3) is 1.00. The van der Waals surface area contributed by atoms with Crippen molar-refractivity contribution >= 4 is 0 Å². The zero-order chi connectivity index (χ0) is 13.0. The standard InChI is InChI=1S/C15H30N2O/c1-3-17(11-13-5-4-6-13)10-9-15(2,12-18)16-14-7-8-14/h13-14,16,18H,3-12H2,1-2H3. The Hall–Kier alpha value is -0.120. The van der Waals surface area contributed by atoms with Gasteiger partial charge in [-0.1, -0.05) is 13.3 Å². The number of nitrogens with one attached hydrogen (secondary N) is 1. The van der Waals surface area contributed by atoms with E-state index in [0.29, 0.717) is 6.04 Å². The highest BCUT2D eigenvalue weighted by Gasteiger charge is 2.32. The van der Waals surface area contributed by atoms with Gasteiger partial charge >= 0.3 is 0 Å². The van der Waals surface area contributed by atoms with E-state index >= 15 is 0 Å². The fourth-order valence-electron chi connectivity index (χ4n) is 2.74. The molecule has 3 nitrogen and oxygen atoms in total. The highest BCUT2D eigenvalue weighted by Crippen LogP contribution is 2.28. The maximum absolute atomic E-state index is 9.61. The maximum atomic E-state index is 9.61. The van der Waals surface area contributed by atoms with Gasteiger partial charge in [0.05, 0.1) is 6.61 Å². The van der Waals surface area contributed by atoms with E-state index in [1.54, 1.807) is 0 Å². The molecule has 0 aromatic heterocycles. The SMILES string of the molecule is CCN(CCC(C)(CO)NC1CC1)CC1CCC1. The number of hydrogen-bond donors (Lipinski definition) is 2. The summed E-state index contributed by atoms with van der Waals surface area (Å²) in [4.78, 5) is 2.56. The molecular formula is C15H30N2O. The van der Waals surface area contributed by atoms with Crippen molar-refractivity contribution in [3.8, 4) is 0 Å². The Morgan fingerprint density at radius 1 is 1.28 bits per heavy atom. The molecule has 0 amide bonds. The van der Waals surface area contributed by atoms with Crippen molar-refractivity contribution in [1.29, 1.82) is 0 Å². The van der Waals surface area contributed by atoms with Crippen LogP contribution in [0, 0.1) is 5.92 Å². The minimum Gasteiger partial charge on any atom is -0.394 e. The van der Waals surface area contributed by atoms with Gasteiger partial charge in [0, 0.05) is 18.1 Å². The van der Waals surface area contributed by atoms with Gasteiger partial charge in [-0.2, -0.15) is 0 Å². The predicted octanol–water partition coefficient (Wildman–Crippen LogP) is 2.00. The topological polar surface area (TPSA) is 35.5 Å². The van der Waals surface area contributed by atoms with Crippen LogP contribution < -0.4 is 5.32 Å². The molecule has 0 heterocycles. The lowest BCUT2D eigenvalue weighted by Gasteiger charge is -2.35. The second-order valence-corrected chi connectivity index (χ2v) is 6.58. The average Bonchev–Trinajstić information content (AvgIpc) is 3.11. The number of rotatable bonds is 9. The molecule has 106 valence electrons. The van der Waals surface area contributed by atoms with Crippen molar-refractivity contribution in [3.63, 3.8) is 0 Å². The maximum Gasteiger partial charge on any atom is 0.0611 e. The molecule has 0 spiro atoms. The van der Waals surface area contributed by atoms with E-state index in [9.17, 15) is 5.11 Å². The predicted molar refractivity (Wildman–Crippen MR) is 75.7 cm³/mol. The van der Waals surface area contributed by atoms with Crippen LogP contribution in [-0.4, -0.2) is 47.8 Å². The Morgan fingerprint density at radius 3 is 2.44 bits per heavy atom. The summed E-state index contributed by atoms with van der Waals surface area (Å²) < 4.78 is 0. The third kappa shape index (κ3) is 4.22. The van der Waals surface area contributed by atoms with E-state index in [1.807, 2.05) is 0 Å². The van der Waals surface area contributed by atoms with Gasteiger partial charge in [0.1, 0.15) is 0 Å². The Balaban J connectivity index is 1.71. The Morgan fingerprint density at radius 2 is 2.00 bits per heavy atom. The van der Waals surface area contributed by atoms with Crippen LogP contribution in [0.2, 0.25) is 0 Å². The summed E-state index contributed by atoms with van der Waals surface area (Å²) in [5.41, 5.74) is -0.0752. The van der Waals surface area contributed by atoms with Gasteiger partial charge in [0.2, 0.25) is 0 Å². The van der Waals surface area contributed by atoms with Gasteiger partial charge < -0.3 is 15.3 Å². The van der Waals surface area contributed by atoms with E-state index in [-0.39, 0.29) is 12.1 Å². The van der Waals surface area contributed by atoms with Crippen LogP contribution in [0.1, 0.15) is 52.4 Å². The van der Waals surface area contributed by atoms with Gasteiger partial charge in [-0.3, -0.25) is 0 Å². The van der Waals surface area contributed by atoms with E-state index < -0.39 is 0 Å². The van der Waals surface area contributed by atoms with Crippen LogP contribution in [0.25, 0.3) is 0 Å². The monoisotopic (exact) mass is 254 g/mol. The van der Waals surface area contributed by atoms with Crippen molar-refractivity contribution in [3.05, 3.63) is 0 Å². The number of nitrogens with zero attached hydrogens (tertiary/aromatic N) is 1. The van der Waals surface area contributed by atoms with Crippen LogP contribution in [0.3, 0.4) is 0 Å². The summed E-state index contributed by atoms with van der Waals surface area (Å²) in [7, 11) is 0. The third-order valence-corrected chi connectivity index (χ3v) is 4.65. The third-order valence-electron chi connectivity index (χ3n) is 4.65. The van der Waals surface area contributed by atoms with Crippen LogP contribution in [-0.2, 0) is 0 Å². The quantitative estimate of drug-likeness (QED) is 0.660. The van der Waals surface area contributed by atoms with Gasteiger partial charge in [0.15, 0.2) is 0 Å². The lowest BCUT2D eigenvalue weighted by Crippen LogP contribution is -2.49. The first-order valence-electron chi connectivity index (χ1n) is 7.76. The molecular weight excluding hydrogens is 224 g/mol. The molecule has 2 saturated carbocycles. The molecule has 2 aliphatic carbocycles. The molecule has 0 bridgehead atoms. The Bertz CT molecular complexity index is 251. The largest absolute Gasteiger partial charge is 0.394 e. The minimum absolute atomic E-state index is 0.0752. The smallest absolute Gasteiger partial charge is 0.0611 e. The molecule has 1 atom stereocenters. The molecule has 2 aliphatic rings. The molecule has 18 heavy (non-hydrogen) atoms. The molecule has 0 aromatic rings. The van der Waals surface area contributed by atoms with Crippen molar-refractivity contribution in [2.75, 3.05) is 26.2 Å². The van der Waals surface area contributed by atoms with Crippen LogP contribution in [0.4, 0.5) is 0 Å². The second kappa shape index (κ2) is 6.36. The molecule has 3 heteroatoms. The van der Waals surface area contributed by atoms with E-state index in [4.69, 9.17) is 0 Å². The normalized spacial score (nSPS) is 24.0. The van der Waals surface area contributed by atoms with Gasteiger partial charge in [-0.05, 0) is 58.0 Å². The zero-order valence-corrected chi connectivity index (χ0v) is 12.1. The van der Waals surface area contributed by atoms with E-state index in [0.717, 1.165) is 25.4 Å². The summed E-state index contributed by atoms with van der Waals surface area (Å²) in [6, 6.07) is 0.670. The highest BCUT2D eigenvalue weighted by atomic mass is 16.3. The molecule has 0 radical (unpaired) electrons. The van der Waals surface area contributed by atoms with Gasteiger partial charge in [-0.25, -0.2) is 0 Å². The lowest BCUT2D eigenvalue weighted by molar-refractivity contribution is 0.129. The zero-order valence-electron chi connectivity index (χ0n) is 12.1. The summed E-state index contributed by atoms with van der Waals surface area (Å²) >= 11 is 0. The van der Waals surface area contributed by atoms with Crippen molar-refractivity contribution in [1.82, 2.24) is 10.2 Å². The van der Waals surface area contributed by atoms with Crippen LogP contribution in [0.5, 0.6) is 0 Å². The Labute approximate surface area is 112 Å². The summed E-state index contributed by atoms with van der Waals surface area (Å²) in [5.74, 6) is 0.946. The molecule has 0 aromatic carbocycles. The molecule has 1 unspecified atom stereocenters. The molecule has 0 saturated heterocycles. The average molecular weight is 254 g/mol. The van der Waals surface area contributed by atoms with Gasteiger partial charge in [-0.15, -0.1) is 0 Å². The summed E-state index contributed by atoms with van der Waals surface area (Å²) in [6.07, 6.45) is 7.91. The van der Waals surface area contributed by atoms with Crippen LogP contribution >= 0.6 is 0 Å². The second-order valence-electron chi connectivity index (χ2n) is 6.58. The minimum atomic E-state index is -0.0752. The van der Waals surface area contributed by atoms with E-state index in [1.165, 1.54) is 38.6 Å². The Kier molecular flexibility index (Phi) is 5.05. The summed E-state index contributed by atoms with van der Waals surface area (Å²) in [6.45, 7) is 8.20. The lowest BCUT2D eigenvalue weighted by atomic mass is 9.85. The molecule has 2 fully saturated rings. The first kappa shape index (κ1) is 14.3. The highest BCUT2D eigenvalue weighted by molar-refractivity contribution is 4.92.